The molecule has 17 heavy (non-hydrogen) atoms. The minimum absolute atomic E-state index is 0.166. The molecule has 0 atom stereocenters. The Balaban J connectivity index is 2.03. The number of H-pyrrole nitrogens is 1. The van der Waals surface area contributed by atoms with Crippen LogP contribution in [-0.4, -0.2) is 21.9 Å². The van der Waals surface area contributed by atoms with Crippen molar-refractivity contribution in [2.75, 3.05) is 11.9 Å². The van der Waals surface area contributed by atoms with Crippen molar-refractivity contribution in [2.24, 2.45) is 0 Å². The number of nitrogens with one attached hydrogen (secondary N) is 2. The molecule has 1 heterocycles. The number of benzene rings is 1. The molecule has 0 aliphatic heterocycles. The van der Waals surface area contributed by atoms with Crippen molar-refractivity contribution in [3.63, 3.8) is 0 Å². The van der Waals surface area contributed by atoms with Crippen LogP contribution in [-0.2, 0) is 6.54 Å². The largest absolute Gasteiger partial charge is 0.504 e. The summed E-state index contributed by atoms with van der Waals surface area (Å²) in [6.07, 6.45) is 3.49. The van der Waals surface area contributed by atoms with Crippen molar-refractivity contribution in [2.45, 2.75) is 13.5 Å². The SMILES string of the molecule is CCOc1cc(CNc2cn[nH]c2)ccc1O. The average Bonchev–Trinajstić information content (AvgIpc) is 2.83. The van der Waals surface area contributed by atoms with Crippen LogP contribution >= 0.6 is 0 Å². The zero-order valence-electron chi connectivity index (χ0n) is 9.60. The number of anilines is 1. The topological polar surface area (TPSA) is 70.2 Å². The molecule has 1 aromatic carbocycles. The maximum atomic E-state index is 9.56. The molecule has 0 radical (unpaired) electrons. The number of hydrogen-bond acceptors (Lipinski definition) is 4. The van der Waals surface area contributed by atoms with E-state index < -0.39 is 0 Å². The summed E-state index contributed by atoms with van der Waals surface area (Å²) < 4.78 is 5.32. The van der Waals surface area contributed by atoms with Crippen LogP contribution in [0.15, 0.2) is 30.6 Å². The number of phenolic OH excluding ortho intramolecular Hbond substituents is 1. The van der Waals surface area contributed by atoms with E-state index in [4.69, 9.17) is 4.74 Å². The van der Waals surface area contributed by atoms with Crippen molar-refractivity contribution in [1.29, 1.82) is 0 Å². The van der Waals surface area contributed by atoms with E-state index in [1.807, 2.05) is 19.1 Å². The molecule has 0 aliphatic rings. The first kappa shape index (κ1) is 11.3. The van der Waals surface area contributed by atoms with Crippen LogP contribution in [0.1, 0.15) is 12.5 Å². The van der Waals surface area contributed by atoms with E-state index >= 15 is 0 Å². The molecule has 0 amide bonds. The Morgan fingerprint density at radius 1 is 1.47 bits per heavy atom. The Kier molecular flexibility index (Phi) is 3.49. The highest BCUT2D eigenvalue weighted by molar-refractivity contribution is 5.44. The quantitative estimate of drug-likeness (QED) is 0.739. The van der Waals surface area contributed by atoms with Crippen LogP contribution in [0.2, 0.25) is 0 Å². The third-order valence-corrected chi connectivity index (χ3v) is 2.32. The maximum absolute atomic E-state index is 9.56. The molecular formula is C12H15N3O2. The molecular weight excluding hydrogens is 218 g/mol. The van der Waals surface area contributed by atoms with Crippen molar-refractivity contribution in [1.82, 2.24) is 10.2 Å². The number of aromatic hydroxyl groups is 1. The molecule has 1 aromatic heterocycles. The van der Waals surface area contributed by atoms with Gasteiger partial charge in [0.1, 0.15) is 0 Å². The van der Waals surface area contributed by atoms with E-state index in [2.05, 4.69) is 15.5 Å². The molecule has 0 saturated heterocycles. The second kappa shape index (κ2) is 5.25. The van der Waals surface area contributed by atoms with E-state index in [1.165, 1.54) is 0 Å². The summed E-state index contributed by atoms with van der Waals surface area (Å²) in [5.74, 6) is 0.679. The Hall–Kier alpha value is -2.17. The third-order valence-electron chi connectivity index (χ3n) is 2.32. The summed E-state index contributed by atoms with van der Waals surface area (Å²) in [6.45, 7) is 3.07. The van der Waals surface area contributed by atoms with Gasteiger partial charge in [-0.2, -0.15) is 5.10 Å². The first-order valence-corrected chi connectivity index (χ1v) is 5.47. The first-order valence-electron chi connectivity index (χ1n) is 5.47. The van der Waals surface area contributed by atoms with Gasteiger partial charge in [-0.1, -0.05) is 6.07 Å². The second-order valence-corrected chi connectivity index (χ2v) is 3.58. The summed E-state index contributed by atoms with van der Waals surface area (Å²) in [5, 5.41) is 19.3. The van der Waals surface area contributed by atoms with Gasteiger partial charge in [-0.3, -0.25) is 5.10 Å². The summed E-state index contributed by atoms with van der Waals surface area (Å²) in [4.78, 5) is 0. The molecule has 5 heteroatoms. The zero-order chi connectivity index (χ0) is 12.1. The lowest BCUT2D eigenvalue weighted by Gasteiger charge is -2.09. The van der Waals surface area contributed by atoms with Gasteiger partial charge < -0.3 is 15.2 Å². The Bertz CT molecular complexity index is 469. The van der Waals surface area contributed by atoms with Gasteiger partial charge in [0.25, 0.3) is 0 Å². The van der Waals surface area contributed by atoms with Crippen LogP contribution in [0.25, 0.3) is 0 Å². The number of hydrogen-bond donors (Lipinski definition) is 3. The normalized spacial score (nSPS) is 10.2. The summed E-state index contributed by atoms with van der Waals surface area (Å²) in [6, 6.07) is 5.31. The number of aromatic nitrogens is 2. The fraction of sp³-hybridized carbons (Fsp3) is 0.250. The number of phenols is 1. The van der Waals surface area contributed by atoms with Crippen molar-refractivity contribution in [3.8, 4) is 11.5 Å². The second-order valence-electron chi connectivity index (χ2n) is 3.58. The summed E-state index contributed by atoms with van der Waals surface area (Å²) >= 11 is 0. The van der Waals surface area contributed by atoms with Gasteiger partial charge in [-0.25, -0.2) is 0 Å². The minimum atomic E-state index is 0.166. The highest BCUT2D eigenvalue weighted by atomic mass is 16.5. The highest BCUT2D eigenvalue weighted by Gasteiger charge is 2.03. The molecule has 0 aliphatic carbocycles. The smallest absolute Gasteiger partial charge is 0.161 e. The lowest BCUT2D eigenvalue weighted by atomic mass is 10.2. The van der Waals surface area contributed by atoms with Gasteiger partial charge in [0.2, 0.25) is 0 Å². The van der Waals surface area contributed by atoms with Crippen LogP contribution in [0.4, 0.5) is 5.69 Å². The zero-order valence-corrected chi connectivity index (χ0v) is 9.60. The Morgan fingerprint density at radius 3 is 3.06 bits per heavy atom. The number of rotatable bonds is 5. The van der Waals surface area contributed by atoms with E-state index in [-0.39, 0.29) is 5.75 Å². The van der Waals surface area contributed by atoms with E-state index in [0.29, 0.717) is 18.9 Å². The van der Waals surface area contributed by atoms with Gasteiger partial charge >= 0.3 is 0 Å². The standard InChI is InChI=1S/C12H15N3O2/c1-2-17-12-5-9(3-4-11(12)16)6-13-10-7-14-15-8-10/h3-5,7-8,13,16H,2,6H2,1H3,(H,14,15). The molecule has 0 saturated carbocycles. The van der Waals surface area contributed by atoms with Gasteiger partial charge in [0.05, 0.1) is 18.5 Å². The fourth-order valence-corrected chi connectivity index (χ4v) is 1.49. The summed E-state index contributed by atoms with van der Waals surface area (Å²) in [5.41, 5.74) is 1.96. The molecule has 2 aromatic rings. The van der Waals surface area contributed by atoms with E-state index in [9.17, 15) is 5.11 Å². The monoisotopic (exact) mass is 233 g/mol. The first-order chi connectivity index (χ1) is 8.29. The van der Waals surface area contributed by atoms with Crippen molar-refractivity contribution >= 4 is 5.69 Å². The van der Waals surface area contributed by atoms with Gasteiger partial charge in [-0.15, -0.1) is 0 Å². The van der Waals surface area contributed by atoms with Gasteiger partial charge in [0.15, 0.2) is 11.5 Å². The predicted octanol–water partition coefficient (Wildman–Crippen LogP) is 2.13. The molecule has 0 spiro atoms. The molecule has 90 valence electrons. The predicted molar refractivity (Wildman–Crippen MR) is 65.2 cm³/mol. The number of ether oxygens (including phenoxy) is 1. The molecule has 0 bridgehead atoms. The average molecular weight is 233 g/mol. The van der Waals surface area contributed by atoms with Crippen LogP contribution in [0.3, 0.4) is 0 Å². The van der Waals surface area contributed by atoms with Crippen molar-refractivity contribution < 1.29 is 9.84 Å². The van der Waals surface area contributed by atoms with Crippen LogP contribution in [0, 0.1) is 0 Å². The minimum Gasteiger partial charge on any atom is -0.504 e. The molecule has 2 rings (SSSR count). The Morgan fingerprint density at radius 2 is 2.35 bits per heavy atom. The number of nitrogens with zero attached hydrogens (tertiary/aromatic N) is 1. The fourth-order valence-electron chi connectivity index (χ4n) is 1.49. The van der Waals surface area contributed by atoms with Crippen LogP contribution in [0.5, 0.6) is 11.5 Å². The van der Waals surface area contributed by atoms with E-state index in [0.717, 1.165) is 11.3 Å². The molecule has 0 fully saturated rings. The lowest BCUT2D eigenvalue weighted by Crippen LogP contribution is -1.99. The van der Waals surface area contributed by atoms with Crippen LogP contribution < -0.4 is 10.1 Å². The molecule has 5 nitrogen and oxygen atoms in total. The molecule has 3 N–H and O–H groups in total. The van der Waals surface area contributed by atoms with E-state index in [1.54, 1.807) is 18.5 Å². The number of aromatic amines is 1. The third kappa shape index (κ3) is 2.90. The van der Waals surface area contributed by atoms with Gasteiger partial charge in [0, 0.05) is 12.7 Å². The Labute approximate surface area is 99.4 Å². The highest BCUT2D eigenvalue weighted by Crippen LogP contribution is 2.27. The van der Waals surface area contributed by atoms with Gasteiger partial charge in [-0.05, 0) is 24.6 Å². The van der Waals surface area contributed by atoms with Crippen molar-refractivity contribution in [3.05, 3.63) is 36.2 Å². The summed E-state index contributed by atoms with van der Waals surface area (Å²) in [7, 11) is 0. The maximum Gasteiger partial charge on any atom is 0.161 e. The lowest BCUT2D eigenvalue weighted by molar-refractivity contribution is 0.318. The molecule has 0 unspecified atom stereocenters.